The van der Waals surface area contributed by atoms with Crippen LogP contribution in [-0.2, 0) is 24.0 Å². The van der Waals surface area contributed by atoms with Gasteiger partial charge in [-0.05, 0) is 30.1 Å². The van der Waals surface area contributed by atoms with Gasteiger partial charge in [-0.25, -0.2) is 13.2 Å². The van der Waals surface area contributed by atoms with Crippen molar-refractivity contribution >= 4 is 35.1 Å². The van der Waals surface area contributed by atoms with Crippen molar-refractivity contribution in [1.29, 1.82) is 0 Å². The van der Waals surface area contributed by atoms with Gasteiger partial charge in [-0.3, -0.25) is 24.0 Å². The molecule has 4 rings (SSSR count). The number of likely N-dealkylation sites (N-methyl/N-ethyl adjacent to an activating group) is 1. The first-order chi connectivity index (χ1) is 18.2. The number of benzene rings is 1. The molecule has 1 saturated carbocycles. The molecule has 39 heavy (non-hydrogen) atoms. The third kappa shape index (κ3) is 5.44. The van der Waals surface area contributed by atoms with Gasteiger partial charge in [0.05, 0.1) is 12.6 Å². The highest BCUT2D eigenvalue weighted by Crippen LogP contribution is 2.64. The Labute approximate surface area is 223 Å². The molecule has 1 aliphatic carbocycles. The maximum atomic E-state index is 14.0. The van der Waals surface area contributed by atoms with Gasteiger partial charge in [0.25, 0.3) is 5.91 Å². The molecule has 3 N–H and O–H groups in total. The van der Waals surface area contributed by atoms with Crippen LogP contribution in [0.1, 0.15) is 26.7 Å². The van der Waals surface area contributed by atoms with Crippen LogP contribution in [0.15, 0.2) is 12.1 Å². The van der Waals surface area contributed by atoms with Crippen LogP contribution in [0.3, 0.4) is 0 Å². The molecule has 2 saturated heterocycles. The van der Waals surface area contributed by atoms with Crippen molar-refractivity contribution < 1.29 is 37.1 Å². The number of Topliss-reactive ketones (excluding diaryl/α,β-unsaturated/α-hetero) is 1. The second-order valence-electron chi connectivity index (χ2n) is 11.2. The minimum Gasteiger partial charge on any atom is -0.371 e. The predicted molar refractivity (Wildman–Crippen MR) is 132 cm³/mol. The smallest absolute Gasteiger partial charge is 0.291 e. The van der Waals surface area contributed by atoms with Crippen LogP contribution in [0.25, 0.3) is 0 Å². The average Bonchev–Trinajstić information content (AvgIpc) is 3.19. The van der Waals surface area contributed by atoms with Crippen molar-refractivity contribution in [3.63, 3.8) is 0 Å². The van der Waals surface area contributed by atoms with Crippen molar-refractivity contribution in [2.45, 2.75) is 38.8 Å². The van der Waals surface area contributed by atoms with E-state index in [-0.39, 0.29) is 36.1 Å². The van der Waals surface area contributed by atoms with E-state index in [4.69, 9.17) is 0 Å². The van der Waals surface area contributed by atoms with E-state index in [0.29, 0.717) is 25.1 Å². The number of amides is 4. The summed E-state index contributed by atoms with van der Waals surface area (Å²) in [5, 5.41) is 7.64. The topological polar surface area (TPSA) is 128 Å². The van der Waals surface area contributed by atoms with Crippen LogP contribution in [-0.4, -0.2) is 85.0 Å². The highest BCUT2D eigenvalue weighted by molar-refractivity contribution is 6.38. The van der Waals surface area contributed by atoms with E-state index in [9.17, 15) is 37.1 Å². The van der Waals surface area contributed by atoms with Gasteiger partial charge in [-0.1, -0.05) is 13.8 Å². The first-order valence-corrected chi connectivity index (χ1v) is 12.8. The van der Waals surface area contributed by atoms with E-state index >= 15 is 0 Å². The first kappa shape index (κ1) is 28.4. The highest BCUT2D eigenvalue weighted by Gasteiger charge is 2.69. The molecule has 1 aromatic carbocycles. The lowest BCUT2D eigenvalue weighted by atomic mass is 9.94. The molecule has 2 heterocycles. The number of hydrogen-bond donors (Lipinski definition) is 3. The highest BCUT2D eigenvalue weighted by atomic mass is 19.1. The molecule has 0 spiro atoms. The second kappa shape index (κ2) is 10.5. The monoisotopic (exact) mass is 551 g/mol. The van der Waals surface area contributed by atoms with Crippen LogP contribution in [0.5, 0.6) is 0 Å². The minimum absolute atomic E-state index is 0.0188. The lowest BCUT2D eigenvalue weighted by Crippen LogP contribution is -2.56. The molecule has 0 radical (unpaired) electrons. The molecular formula is C26H32F3N5O5. The van der Waals surface area contributed by atoms with Crippen LogP contribution >= 0.6 is 0 Å². The number of hydrogen-bond acceptors (Lipinski definition) is 6. The van der Waals surface area contributed by atoms with Crippen LogP contribution in [0.4, 0.5) is 18.9 Å². The first-order valence-electron chi connectivity index (χ1n) is 12.8. The summed E-state index contributed by atoms with van der Waals surface area (Å²) in [6.07, 6.45) is 0.376. The number of piperidine rings is 1. The Bertz CT molecular complexity index is 1200. The Morgan fingerprint density at radius 1 is 1.15 bits per heavy atom. The molecule has 2 aliphatic heterocycles. The molecule has 2 unspecified atom stereocenters. The van der Waals surface area contributed by atoms with Crippen molar-refractivity contribution in [1.82, 2.24) is 20.4 Å². The minimum atomic E-state index is -1.28. The number of nitrogens with one attached hydrogen (secondary N) is 3. The van der Waals surface area contributed by atoms with Gasteiger partial charge >= 0.3 is 0 Å². The van der Waals surface area contributed by atoms with Crippen molar-refractivity contribution in [3.05, 3.63) is 29.6 Å². The van der Waals surface area contributed by atoms with Gasteiger partial charge in [0.15, 0.2) is 11.6 Å². The van der Waals surface area contributed by atoms with Gasteiger partial charge in [0.2, 0.25) is 23.5 Å². The molecule has 1 aromatic rings. The summed E-state index contributed by atoms with van der Waals surface area (Å²) >= 11 is 0. The quantitative estimate of drug-likeness (QED) is 0.387. The molecular weight excluding hydrogens is 519 g/mol. The average molecular weight is 552 g/mol. The van der Waals surface area contributed by atoms with E-state index in [1.165, 1.54) is 19.0 Å². The largest absolute Gasteiger partial charge is 0.371 e. The summed E-state index contributed by atoms with van der Waals surface area (Å²) in [5.74, 6) is -7.59. The van der Waals surface area contributed by atoms with E-state index < -0.39 is 71.2 Å². The summed E-state index contributed by atoms with van der Waals surface area (Å²) < 4.78 is 41.3. The van der Waals surface area contributed by atoms with Crippen molar-refractivity contribution in [2.75, 3.05) is 39.0 Å². The summed E-state index contributed by atoms with van der Waals surface area (Å²) in [4.78, 5) is 66.7. The zero-order chi connectivity index (χ0) is 28.8. The maximum Gasteiger partial charge on any atom is 0.291 e. The number of rotatable bonds is 9. The Morgan fingerprint density at radius 2 is 1.79 bits per heavy atom. The van der Waals surface area contributed by atoms with Gasteiger partial charge < -0.3 is 25.8 Å². The fourth-order valence-corrected chi connectivity index (χ4v) is 5.83. The van der Waals surface area contributed by atoms with Gasteiger partial charge in [0, 0.05) is 45.2 Å². The molecule has 212 valence electrons. The lowest BCUT2D eigenvalue weighted by Gasteiger charge is -2.31. The van der Waals surface area contributed by atoms with Gasteiger partial charge in [-0.15, -0.1) is 0 Å². The molecule has 3 fully saturated rings. The van der Waals surface area contributed by atoms with Crippen LogP contribution in [0.2, 0.25) is 0 Å². The zero-order valence-corrected chi connectivity index (χ0v) is 22.1. The Kier molecular flexibility index (Phi) is 7.63. The summed E-state index contributed by atoms with van der Waals surface area (Å²) in [6.45, 7) is 3.98. The standard InChI is InChI=1S/C26H32F3N5O5/c1-26(2)14-11-34(18(35)10-31-20-15(28)8-13(27)9-16(20)29)21(19(14)26)24(38)32-17(22(36)25(39)33(3)4)7-12-5-6-30-23(12)37/h8-9,12,14,17,19,21,31H,5-7,10-11H2,1-4H3,(H,30,37)(H,32,38)/t12?,14?,17-,19-,21-/m0/s1. The van der Waals surface area contributed by atoms with E-state index in [1.807, 2.05) is 13.8 Å². The Balaban J connectivity index is 1.52. The number of anilines is 1. The molecule has 4 amide bonds. The van der Waals surface area contributed by atoms with Crippen LogP contribution in [0, 0.1) is 40.6 Å². The molecule has 3 aliphatic rings. The number of nitrogens with zero attached hydrogens (tertiary/aromatic N) is 2. The normalized spacial score (nSPS) is 25.4. The third-order valence-corrected chi connectivity index (χ3v) is 8.15. The fourth-order valence-electron chi connectivity index (χ4n) is 5.83. The van der Waals surface area contributed by atoms with E-state index in [1.54, 1.807) is 0 Å². The number of carbonyl (C=O) groups is 5. The molecule has 0 bridgehead atoms. The van der Waals surface area contributed by atoms with Crippen molar-refractivity contribution in [2.24, 2.45) is 23.2 Å². The molecule has 10 nitrogen and oxygen atoms in total. The Hall–Kier alpha value is -3.64. The van der Waals surface area contributed by atoms with E-state index in [2.05, 4.69) is 16.0 Å². The number of fused-ring (bicyclic) bond motifs is 1. The third-order valence-electron chi connectivity index (χ3n) is 8.15. The molecule has 5 atom stereocenters. The molecule has 13 heteroatoms. The SMILES string of the molecule is CN(C)C(=O)C(=O)[C@H](CC1CCNC1=O)NC(=O)[C@@H]1[C@@H]2C(CN1C(=O)CNc1c(F)cc(F)cc1F)C2(C)C. The van der Waals surface area contributed by atoms with E-state index in [0.717, 1.165) is 4.90 Å². The van der Waals surface area contributed by atoms with Crippen molar-refractivity contribution in [3.8, 4) is 0 Å². The lowest BCUT2D eigenvalue weighted by molar-refractivity contribution is -0.146. The summed E-state index contributed by atoms with van der Waals surface area (Å²) in [7, 11) is 2.80. The van der Waals surface area contributed by atoms with Gasteiger partial charge in [-0.2, -0.15) is 0 Å². The summed E-state index contributed by atoms with van der Waals surface area (Å²) in [5.41, 5.74) is -0.941. The zero-order valence-electron chi connectivity index (χ0n) is 22.1. The maximum absolute atomic E-state index is 14.0. The number of halogens is 3. The predicted octanol–water partition coefficient (Wildman–Crippen LogP) is 0.667. The van der Waals surface area contributed by atoms with Crippen LogP contribution < -0.4 is 16.0 Å². The Morgan fingerprint density at radius 3 is 2.36 bits per heavy atom. The number of ketones is 1. The number of carbonyl (C=O) groups excluding carboxylic acids is 5. The molecule has 0 aromatic heterocycles. The fraction of sp³-hybridized carbons (Fsp3) is 0.577. The summed E-state index contributed by atoms with van der Waals surface area (Å²) in [6, 6.07) is -1.31. The number of likely N-dealkylation sites (tertiary alicyclic amines) is 1. The second-order valence-corrected chi connectivity index (χ2v) is 11.2. The van der Waals surface area contributed by atoms with Gasteiger partial charge in [0.1, 0.15) is 17.5 Å².